The monoisotopic (exact) mass is 952 g/mol. The van der Waals surface area contributed by atoms with Crippen LogP contribution in [-0.4, -0.2) is 83.8 Å². The lowest BCUT2D eigenvalue weighted by Crippen LogP contribution is -2.43. The SMILES string of the molecule is CC(C)CC(=O)C12CCC(CC1=O)C2(C)C.CC(C)CC(=O)CN(C)C(=O)c1ccccc1.CC(C)CC(=O)CN(Cc1ccccc1)S(C)(=O)=O.CC(C)CC(=O)c1cccc2cccnc12. The van der Waals surface area contributed by atoms with Crippen LogP contribution in [0.1, 0.15) is 140 Å². The number of carbonyl (C=O) groups is 6. The number of sulfonamides is 1. The number of rotatable bonds is 18. The molecule has 0 saturated heterocycles. The van der Waals surface area contributed by atoms with Crippen molar-refractivity contribution in [1.82, 2.24) is 14.2 Å². The van der Waals surface area contributed by atoms with Crippen molar-refractivity contribution < 1.29 is 37.2 Å². The summed E-state index contributed by atoms with van der Waals surface area (Å²) in [6.45, 7) is 20.7. The van der Waals surface area contributed by atoms with E-state index in [1.807, 2.05) is 120 Å². The lowest BCUT2D eigenvalue weighted by Gasteiger charge is -2.35. The summed E-state index contributed by atoms with van der Waals surface area (Å²) in [4.78, 5) is 77.7. The highest BCUT2D eigenvalue weighted by atomic mass is 32.2. The van der Waals surface area contributed by atoms with E-state index in [2.05, 4.69) is 32.7 Å². The molecule has 68 heavy (non-hydrogen) atoms. The highest BCUT2D eigenvalue weighted by molar-refractivity contribution is 7.88. The van der Waals surface area contributed by atoms with E-state index in [0.29, 0.717) is 61.3 Å². The number of likely N-dealkylation sites (N-methyl/N-ethyl adjacent to an activating group) is 1. The standard InChI is InChI=1S/C14H21NO3S.C14H19NO2.C14H15NO.C14H22O2/c1-12(2)9-14(16)11-15(19(3,17)18)10-13-7-5-4-6-8-13;1-11(2)9-13(16)10-15(3)14(17)12-7-5-4-6-8-12;1-10(2)9-13(16)12-7-3-5-11-6-4-8-15-14(11)12;1-9(2)7-11(15)14-6-5-10(8-12(14)16)13(14,3)4/h4-8,12H,9-11H2,1-3H3;4-8,11H,9-10H2,1-3H3;3-8,10H,9H2,1-2H3;9-10H,5-8H2,1-4H3. The Labute approximate surface area is 406 Å². The summed E-state index contributed by atoms with van der Waals surface area (Å²) in [6, 6.07) is 27.9. The number of fused-ring (bicyclic) bond motifs is 3. The molecule has 2 unspecified atom stereocenters. The van der Waals surface area contributed by atoms with Crippen molar-refractivity contribution in [2.45, 2.75) is 121 Å². The van der Waals surface area contributed by atoms with E-state index in [-0.39, 0.29) is 65.8 Å². The molecule has 11 nitrogen and oxygen atoms in total. The van der Waals surface area contributed by atoms with E-state index >= 15 is 0 Å². The molecule has 0 radical (unpaired) electrons. The van der Waals surface area contributed by atoms with Crippen molar-refractivity contribution in [2.24, 2.45) is 40.4 Å². The van der Waals surface area contributed by atoms with Gasteiger partial charge in [0.15, 0.2) is 11.6 Å². The number of hydrogen-bond donors (Lipinski definition) is 0. The number of aromatic nitrogens is 1. The second kappa shape index (κ2) is 26.0. The van der Waals surface area contributed by atoms with Crippen LogP contribution in [0, 0.1) is 40.4 Å². The van der Waals surface area contributed by atoms with Gasteiger partial charge in [-0.3, -0.25) is 33.8 Å². The van der Waals surface area contributed by atoms with Gasteiger partial charge in [-0.05, 0) is 77.7 Å². The van der Waals surface area contributed by atoms with E-state index in [9.17, 15) is 37.2 Å². The van der Waals surface area contributed by atoms with Crippen LogP contribution in [0.25, 0.3) is 10.9 Å². The van der Waals surface area contributed by atoms with E-state index in [1.165, 1.54) is 9.21 Å². The topological polar surface area (TPSA) is 156 Å². The second-order valence-corrected chi connectivity index (χ2v) is 22.7. The van der Waals surface area contributed by atoms with Crippen LogP contribution in [0.4, 0.5) is 0 Å². The predicted octanol–water partition coefficient (Wildman–Crippen LogP) is 10.9. The number of benzene rings is 3. The summed E-state index contributed by atoms with van der Waals surface area (Å²) < 4.78 is 24.7. The summed E-state index contributed by atoms with van der Waals surface area (Å²) in [5, 5.41) is 1.03. The highest BCUT2D eigenvalue weighted by Gasteiger charge is 2.67. The average Bonchev–Trinajstić information content (AvgIpc) is 3.63. The third-order valence-corrected chi connectivity index (χ3v) is 13.8. The van der Waals surface area contributed by atoms with Gasteiger partial charge < -0.3 is 4.90 Å². The average molecular weight is 952 g/mol. The molecule has 0 aliphatic heterocycles. The van der Waals surface area contributed by atoms with Crippen molar-refractivity contribution in [3.8, 4) is 0 Å². The molecular formula is C56H77N3O8S. The van der Waals surface area contributed by atoms with Crippen molar-refractivity contribution in [1.29, 1.82) is 0 Å². The molecule has 3 aromatic carbocycles. The maximum atomic E-state index is 12.4. The molecule has 4 aromatic rings. The summed E-state index contributed by atoms with van der Waals surface area (Å²) in [5.74, 6) is 2.31. The summed E-state index contributed by atoms with van der Waals surface area (Å²) in [5.41, 5.74) is 2.33. The first-order chi connectivity index (χ1) is 31.8. The maximum Gasteiger partial charge on any atom is 0.253 e. The Kier molecular flexibility index (Phi) is 21.8. The minimum absolute atomic E-state index is 0.0450. The van der Waals surface area contributed by atoms with Gasteiger partial charge in [0, 0.05) is 68.4 Å². The number of amides is 1. The first-order valence-electron chi connectivity index (χ1n) is 24.1. The Morgan fingerprint density at radius 3 is 1.72 bits per heavy atom. The number of carbonyl (C=O) groups excluding carboxylic acids is 6. The van der Waals surface area contributed by atoms with Gasteiger partial charge >= 0.3 is 0 Å². The molecule has 2 saturated carbocycles. The van der Waals surface area contributed by atoms with Crippen molar-refractivity contribution in [2.75, 3.05) is 26.4 Å². The fourth-order valence-corrected chi connectivity index (χ4v) is 9.90. The first kappa shape index (κ1) is 57.1. The van der Waals surface area contributed by atoms with Gasteiger partial charge in [-0.1, -0.05) is 136 Å². The third-order valence-electron chi connectivity index (χ3n) is 12.6. The van der Waals surface area contributed by atoms with Crippen LogP contribution in [0.15, 0.2) is 97.2 Å². The van der Waals surface area contributed by atoms with Crippen molar-refractivity contribution in [3.63, 3.8) is 0 Å². The lowest BCUT2D eigenvalue weighted by atomic mass is 9.65. The Morgan fingerprint density at radius 2 is 1.22 bits per heavy atom. The fraction of sp³-hybridized carbons (Fsp3) is 0.518. The second-order valence-electron chi connectivity index (χ2n) is 20.7. The van der Waals surface area contributed by atoms with Crippen LogP contribution in [0.2, 0.25) is 0 Å². The van der Waals surface area contributed by atoms with E-state index in [1.54, 1.807) is 25.4 Å². The summed E-state index contributed by atoms with van der Waals surface area (Å²) in [6.07, 6.45) is 7.42. The lowest BCUT2D eigenvalue weighted by molar-refractivity contribution is -0.144. The Hall–Kier alpha value is -5.20. The van der Waals surface area contributed by atoms with Gasteiger partial charge in [-0.15, -0.1) is 0 Å². The minimum Gasteiger partial charge on any atom is -0.334 e. The smallest absolute Gasteiger partial charge is 0.253 e. The number of nitrogens with zero attached hydrogens (tertiary/aromatic N) is 3. The first-order valence-corrected chi connectivity index (χ1v) is 25.9. The quantitative estimate of drug-likeness (QED) is 0.0700. The fourth-order valence-electron chi connectivity index (χ4n) is 9.14. The van der Waals surface area contributed by atoms with Gasteiger partial charge in [0.1, 0.15) is 17.3 Å². The molecular weight excluding hydrogens is 875 g/mol. The molecule has 2 atom stereocenters. The highest BCUT2D eigenvalue weighted by Crippen LogP contribution is 2.64. The zero-order valence-electron chi connectivity index (χ0n) is 42.7. The molecule has 2 fully saturated rings. The third kappa shape index (κ3) is 16.5. The van der Waals surface area contributed by atoms with Gasteiger partial charge in [0.2, 0.25) is 10.0 Å². The van der Waals surface area contributed by atoms with Gasteiger partial charge in [0.05, 0.1) is 30.3 Å². The number of hydrogen-bond acceptors (Lipinski definition) is 9. The minimum atomic E-state index is -3.38. The molecule has 1 amide bonds. The molecule has 6 rings (SSSR count). The van der Waals surface area contributed by atoms with Crippen LogP contribution in [0.5, 0.6) is 0 Å². The molecule has 370 valence electrons. The number of pyridine rings is 1. The molecule has 1 aromatic heterocycles. The number of ketones is 5. The molecule has 2 aliphatic carbocycles. The predicted molar refractivity (Wildman–Crippen MR) is 273 cm³/mol. The normalized spacial score (nSPS) is 17.0. The zero-order valence-corrected chi connectivity index (χ0v) is 43.5. The molecule has 1 heterocycles. The van der Waals surface area contributed by atoms with Crippen LogP contribution < -0.4 is 0 Å². The maximum absolute atomic E-state index is 12.4. The Bertz CT molecular complexity index is 2420. The molecule has 2 aliphatic rings. The summed E-state index contributed by atoms with van der Waals surface area (Å²) in [7, 11) is -1.72. The van der Waals surface area contributed by atoms with Crippen LogP contribution in [-0.2, 0) is 35.7 Å². The van der Waals surface area contributed by atoms with Gasteiger partial charge in [-0.2, -0.15) is 4.31 Å². The molecule has 2 bridgehead atoms. The Balaban J connectivity index is 0.000000241. The van der Waals surface area contributed by atoms with Crippen molar-refractivity contribution in [3.05, 3.63) is 114 Å². The van der Waals surface area contributed by atoms with E-state index < -0.39 is 15.4 Å². The van der Waals surface area contributed by atoms with Gasteiger partial charge in [0.25, 0.3) is 5.91 Å². The summed E-state index contributed by atoms with van der Waals surface area (Å²) >= 11 is 0. The molecule has 0 N–H and O–H groups in total. The number of Topliss-reactive ketones (excluding diaryl/α,β-unsaturated/α-hetero) is 5. The molecule has 12 heteroatoms. The van der Waals surface area contributed by atoms with Crippen LogP contribution in [0.3, 0.4) is 0 Å². The largest absolute Gasteiger partial charge is 0.334 e. The Morgan fingerprint density at radius 1 is 0.691 bits per heavy atom. The molecule has 0 spiro atoms. The number of para-hydroxylation sites is 1. The van der Waals surface area contributed by atoms with Gasteiger partial charge in [-0.25, -0.2) is 8.42 Å². The van der Waals surface area contributed by atoms with Crippen LogP contribution >= 0.6 is 0 Å². The van der Waals surface area contributed by atoms with E-state index in [4.69, 9.17) is 0 Å². The zero-order chi connectivity index (χ0) is 51.0. The van der Waals surface area contributed by atoms with E-state index in [0.717, 1.165) is 41.1 Å². The van der Waals surface area contributed by atoms with Crippen molar-refractivity contribution >= 4 is 55.7 Å².